The van der Waals surface area contributed by atoms with Gasteiger partial charge in [0, 0.05) is 36.9 Å². The molecule has 1 N–H and O–H groups in total. The van der Waals surface area contributed by atoms with Gasteiger partial charge in [-0.25, -0.2) is 4.79 Å². The molecule has 2 aromatic carbocycles. The van der Waals surface area contributed by atoms with E-state index in [9.17, 15) is 14.4 Å². The summed E-state index contributed by atoms with van der Waals surface area (Å²) in [7, 11) is 1.53. The van der Waals surface area contributed by atoms with Crippen LogP contribution in [0.4, 0.5) is 0 Å². The number of hydrogen-bond donors (Lipinski definition) is 1. The minimum atomic E-state index is -0.743. The van der Waals surface area contributed by atoms with Crippen molar-refractivity contribution in [2.75, 3.05) is 6.61 Å². The molecule has 0 fully saturated rings. The lowest BCUT2D eigenvalue weighted by molar-refractivity contribution is -0.124. The Morgan fingerprint density at radius 3 is 2.42 bits per heavy atom. The molecule has 4 rings (SSSR count). The van der Waals surface area contributed by atoms with E-state index < -0.39 is 18.5 Å². The minimum absolute atomic E-state index is 0.0996. The van der Waals surface area contributed by atoms with Crippen molar-refractivity contribution in [3.05, 3.63) is 100 Å². The Bertz CT molecular complexity index is 1380. The van der Waals surface area contributed by atoms with Crippen LogP contribution in [0.3, 0.4) is 0 Å². The molecular formula is C26H23N3O4. The topological polar surface area (TPSA) is 90.3 Å². The fraction of sp³-hybridized carbons (Fsp3) is 0.154. The van der Waals surface area contributed by atoms with E-state index in [0.717, 1.165) is 16.7 Å². The number of aromatic nitrogens is 2. The van der Waals surface area contributed by atoms with Gasteiger partial charge in [0.2, 0.25) is 0 Å². The van der Waals surface area contributed by atoms with Gasteiger partial charge in [-0.15, -0.1) is 0 Å². The molecule has 1 amide bonds. The largest absolute Gasteiger partial charge is 0.451 e. The Balaban J connectivity index is 1.65. The highest BCUT2D eigenvalue weighted by molar-refractivity contribution is 6.07. The number of pyridine rings is 2. The molecule has 4 aromatic rings. The molecule has 0 saturated carbocycles. The number of nitrogens with one attached hydrogen (secondary N) is 1. The molecule has 0 spiro atoms. The van der Waals surface area contributed by atoms with Gasteiger partial charge in [-0.05, 0) is 35.6 Å². The van der Waals surface area contributed by atoms with Crippen LogP contribution in [0.2, 0.25) is 0 Å². The molecule has 33 heavy (non-hydrogen) atoms. The molecule has 7 nitrogen and oxygen atoms in total. The van der Waals surface area contributed by atoms with E-state index in [-0.39, 0.29) is 17.8 Å². The summed E-state index contributed by atoms with van der Waals surface area (Å²) in [4.78, 5) is 42.3. The van der Waals surface area contributed by atoms with Crippen molar-refractivity contribution >= 4 is 22.6 Å². The lowest BCUT2D eigenvalue weighted by Crippen LogP contribution is -2.30. The molecule has 166 valence electrons. The van der Waals surface area contributed by atoms with Crippen LogP contribution in [-0.4, -0.2) is 28.0 Å². The number of benzene rings is 2. The quantitative estimate of drug-likeness (QED) is 0.463. The van der Waals surface area contributed by atoms with E-state index in [1.54, 1.807) is 30.6 Å². The maximum Gasteiger partial charge on any atom is 0.356 e. The average Bonchev–Trinajstić information content (AvgIpc) is 2.84. The molecule has 0 bridgehead atoms. The second-order valence-electron chi connectivity index (χ2n) is 7.71. The van der Waals surface area contributed by atoms with Crippen LogP contribution in [0.5, 0.6) is 0 Å². The lowest BCUT2D eigenvalue weighted by Gasteiger charge is -2.17. The lowest BCUT2D eigenvalue weighted by atomic mass is 9.96. The fourth-order valence-corrected chi connectivity index (χ4v) is 3.67. The molecule has 2 aromatic heterocycles. The van der Waals surface area contributed by atoms with Crippen LogP contribution in [0, 0.1) is 6.92 Å². The predicted molar refractivity (Wildman–Crippen MR) is 126 cm³/mol. The normalized spacial score (nSPS) is 10.7. The Hall–Kier alpha value is -4.26. The van der Waals surface area contributed by atoms with Gasteiger partial charge in [0.1, 0.15) is 5.69 Å². The highest BCUT2D eigenvalue weighted by Crippen LogP contribution is 2.31. The number of ether oxygens (including phenoxy) is 1. The van der Waals surface area contributed by atoms with Crippen molar-refractivity contribution in [2.45, 2.75) is 13.5 Å². The summed E-state index contributed by atoms with van der Waals surface area (Å²) >= 11 is 0. The maximum absolute atomic E-state index is 13.1. The van der Waals surface area contributed by atoms with Crippen molar-refractivity contribution in [2.24, 2.45) is 7.05 Å². The summed E-state index contributed by atoms with van der Waals surface area (Å²) in [6.07, 6.45) is 3.29. The summed E-state index contributed by atoms with van der Waals surface area (Å²) < 4.78 is 6.61. The first kappa shape index (κ1) is 22.0. The van der Waals surface area contributed by atoms with Gasteiger partial charge in [-0.2, -0.15) is 0 Å². The number of fused-ring (bicyclic) bond motifs is 1. The molecule has 2 heterocycles. The minimum Gasteiger partial charge on any atom is -0.451 e. The molecule has 0 aliphatic rings. The first-order chi connectivity index (χ1) is 16.0. The Morgan fingerprint density at radius 2 is 1.73 bits per heavy atom. The highest BCUT2D eigenvalue weighted by Gasteiger charge is 2.23. The number of amides is 1. The van der Waals surface area contributed by atoms with E-state index >= 15 is 0 Å². The zero-order valence-electron chi connectivity index (χ0n) is 18.4. The zero-order chi connectivity index (χ0) is 23.4. The first-order valence-corrected chi connectivity index (χ1v) is 10.5. The van der Waals surface area contributed by atoms with Crippen molar-refractivity contribution in [1.29, 1.82) is 0 Å². The smallest absolute Gasteiger partial charge is 0.356 e. The fourth-order valence-electron chi connectivity index (χ4n) is 3.67. The summed E-state index contributed by atoms with van der Waals surface area (Å²) in [5.74, 6) is -1.19. The summed E-state index contributed by atoms with van der Waals surface area (Å²) in [5.41, 5.74) is 3.06. The molecule has 0 saturated heterocycles. The average molecular weight is 441 g/mol. The van der Waals surface area contributed by atoms with E-state index in [1.165, 1.54) is 11.6 Å². The highest BCUT2D eigenvalue weighted by atomic mass is 16.5. The van der Waals surface area contributed by atoms with Crippen molar-refractivity contribution in [1.82, 2.24) is 14.9 Å². The van der Waals surface area contributed by atoms with Gasteiger partial charge in [0.25, 0.3) is 11.5 Å². The molecule has 7 heteroatoms. The Kier molecular flexibility index (Phi) is 6.31. The van der Waals surface area contributed by atoms with E-state index in [1.807, 2.05) is 49.4 Å². The molecule has 0 aliphatic carbocycles. The number of rotatable bonds is 6. The van der Waals surface area contributed by atoms with Gasteiger partial charge >= 0.3 is 5.97 Å². The monoisotopic (exact) mass is 441 g/mol. The van der Waals surface area contributed by atoms with Gasteiger partial charge in [-0.1, -0.05) is 54.1 Å². The standard InChI is InChI=1S/C26H23N3O4/c1-17-9-11-19(12-10-17)23-20-7-3-4-8-21(20)25(31)29(2)24(23)26(32)33-16-22(30)28-15-18-6-5-13-27-14-18/h3-14H,15-16H2,1-2H3,(H,28,30). The van der Waals surface area contributed by atoms with Gasteiger partial charge in [-0.3, -0.25) is 14.6 Å². The zero-order valence-corrected chi connectivity index (χ0v) is 18.4. The molecular weight excluding hydrogens is 418 g/mol. The number of aryl methyl sites for hydroxylation is 1. The van der Waals surface area contributed by atoms with Crippen LogP contribution in [-0.2, 0) is 23.1 Å². The van der Waals surface area contributed by atoms with E-state index in [0.29, 0.717) is 16.3 Å². The van der Waals surface area contributed by atoms with Gasteiger partial charge < -0.3 is 14.6 Å². The third kappa shape index (κ3) is 4.67. The second-order valence-corrected chi connectivity index (χ2v) is 7.71. The SMILES string of the molecule is Cc1ccc(-c2c(C(=O)OCC(=O)NCc3cccnc3)n(C)c(=O)c3ccccc23)cc1. The Labute approximate surface area is 190 Å². The Morgan fingerprint density at radius 1 is 1.00 bits per heavy atom. The molecule has 0 radical (unpaired) electrons. The number of nitrogens with zero attached hydrogens (tertiary/aromatic N) is 2. The predicted octanol–water partition coefficient (Wildman–Crippen LogP) is 3.38. The van der Waals surface area contributed by atoms with E-state index in [2.05, 4.69) is 10.3 Å². The molecule has 0 unspecified atom stereocenters. The summed E-state index contributed by atoms with van der Waals surface area (Å²) in [6, 6.07) is 18.4. The number of carbonyl (C=O) groups is 2. The van der Waals surface area contributed by atoms with Gasteiger partial charge in [0.15, 0.2) is 6.61 Å². The van der Waals surface area contributed by atoms with Crippen molar-refractivity contribution in [3.63, 3.8) is 0 Å². The number of hydrogen-bond acceptors (Lipinski definition) is 5. The third-order valence-electron chi connectivity index (χ3n) is 5.38. The molecule has 0 atom stereocenters. The second kappa shape index (κ2) is 9.48. The van der Waals surface area contributed by atoms with Crippen LogP contribution >= 0.6 is 0 Å². The van der Waals surface area contributed by atoms with Crippen LogP contribution in [0.15, 0.2) is 77.9 Å². The van der Waals surface area contributed by atoms with Crippen molar-refractivity contribution in [3.8, 4) is 11.1 Å². The van der Waals surface area contributed by atoms with E-state index in [4.69, 9.17) is 4.74 Å². The third-order valence-corrected chi connectivity index (χ3v) is 5.38. The maximum atomic E-state index is 13.1. The van der Waals surface area contributed by atoms with Crippen molar-refractivity contribution < 1.29 is 14.3 Å². The number of esters is 1. The van der Waals surface area contributed by atoms with Gasteiger partial charge in [0.05, 0.1) is 0 Å². The molecule has 0 aliphatic heterocycles. The summed E-state index contributed by atoms with van der Waals surface area (Å²) in [5, 5.41) is 3.84. The van der Waals surface area contributed by atoms with Crippen LogP contribution in [0.1, 0.15) is 21.6 Å². The first-order valence-electron chi connectivity index (χ1n) is 10.5. The summed E-state index contributed by atoms with van der Waals surface area (Å²) in [6.45, 7) is 1.78. The van der Waals surface area contributed by atoms with Crippen LogP contribution in [0.25, 0.3) is 21.9 Å². The number of carbonyl (C=O) groups excluding carboxylic acids is 2. The van der Waals surface area contributed by atoms with Crippen LogP contribution < -0.4 is 10.9 Å².